The maximum absolute atomic E-state index is 8.77. The molecule has 0 spiro atoms. The highest BCUT2D eigenvalue weighted by molar-refractivity contribution is 7.39. The molecular weight excluding hydrogens is 187 g/mol. The Hall–Kier alpha value is 0.310. The molecule has 0 saturated carbocycles. The van der Waals surface area contributed by atoms with Crippen LogP contribution in [0.4, 0.5) is 0 Å². The Balaban J connectivity index is 4.11. The maximum atomic E-state index is 8.77. The van der Waals surface area contributed by atoms with E-state index in [4.69, 9.17) is 14.3 Å². The van der Waals surface area contributed by atoms with Crippen LogP contribution in [0.3, 0.4) is 0 Å². The lowest BCUT2D eigenvalue weighted by atomic mass is 9.86. The quantitative estimate of drug-likeness (QED) is 0.698. The van der Waals surface area contributed by atoms with Crippen molar-refractivity contribution in [1.29, 1.82) is 0 Å². The largest absolute Gasteiger partial charge is 0.328 e. The first-order valence-corrected chi connectivity index (χ1v) is 5.73. The summed E-state index contributed by atoms with van der Waals surface area (Å²) in [6.45, 7) is 10.4. The standard InChI is InChI=1S/C9H21O3P/c1-7(2)8(12-13(10)11)6-9(3,4)5/h7-8,10-11H,6H2,1-5H3. The van der Waals surface area contributed by atoms with Crippen molar-refractivity contribution >= 4 is 8.60 Å². The highest BCUT2D eigenvalue weighted by atomic mass is 31.2. The van der Waals surface area contributed by atoms with Gasteiger partial charge in [-0.1, -0.05) is 34.6 Å². The maximum Gasteiger partial charge on any atom is 0.327 e. The first-order chi connectivity index (χ1) is 5.72. The van der Waals surface area contributed by atoms with E-state index in [1.165, 1.54) is 0 Å². The lowest BCUT2D eigenvalue weighted by Gasteiger charge is -2.28. The molecule has 0 rings (SSSR count). The van der Waals surface area contributed by atoms with Crippen molar-refractivity contribution in [3.05, 3.63) is 0 Å². The SMILES string of the molecule is CC(C)C(CC(C)(C)C)OP(O)O. The van der Waals surface area contributed by atoms with Gasteiger partial charge in [0.2, 0.25) is 0 Å². The lowest BCUT2D eigenvalue weighted by Crippen LogP contribution is -2.24. The van der Waals surface area contributed by atoms with E-state index in [0.29, 0.717) is 5.92 Å². The Bertz CT molecular complexity index is 140. The fraction of sp³-hybridized carbons (Fsp3) is 1.00. The normalized spacial score (nSPS) is 15.5. The summed E-state index contributed by atoms with van der Waals surface area (Å²) in [5.74, 6) is 0.309. The predicted octanol–water partition coefficient (Wildman–Crippen LogP) is 2.68. The highest BCUT2D eigenvalue weighted by Crippen LogP contribution is 2.35. The van der Waals surface area contributed by atoms with Crippen LogP contribution < -0.4 is 0 Å². The molecule has 0 radical (unpaired) electrons. The summed E-state index contributed by atoms with van der Waals surface area (Å²) in [5.41, 5.74) is 0.153. The minimum Gasteiger partial charge on any atom is -0.328 e. The molecular formula is C9H21O3P. The Morgan fingerprint density at radius 3 is 1.92 bits per heavy atom. The van der Waals surface area contributed by atoms with Gasteiger partial charge in [-0.25, -0.2) is 0 Å². The summed E-state index contributed by atoms with van der Waals surface area (Å²) in [6.07, 6.45) is 0.770. The Labute approximate surface area is 82.1 Å². The third-order valence-corrected chi connectivity index (χ3v) is 2.25. The van der Waals surface area contributed by atoms with Crippen molar-refractivity contribution in [1.82, 2.24) is 0 Å². The molecule has 80 valence electrons. The minimum atomic E-state index is -2.23. The summed E-state index contributed by atoms with van der Waals surface area (Å²) < 4.78 is 5.06. The van der Waals surface area contributed by atoms with Crippen molar-refractivity contribution < 1.29 is 14.3 Å². The first-order valence-electron chi connectivity index (χ1n) is 4.57. The Kier molecular flexibility index (Phi) is 5.38. The van der Waals surface area contributed by atoms with Crippen LogP contribution in [-0.2, 0) is 4.52 Å². The fourth-order valence-electron chi connectivity index (χ4n) is 1.12. The van der Waals surface area contributed by atoms with E-state index in [9.17, 15) is 0 Å². The van der Waals surface area contributed by atoms with Gasteiger partial charge in [0.25, 0.3) is 0 Å². The van der Waals surface area contributed by atoms with Gasteiger partial charge in [-0.05, 0) is 17.8 Å². The van der Waals surface area contributed by atoms with E-state index in [0.717, 1.165) is 6.42 Å². The second-order valence-electron chi connectivity index (χ2n) is 4.91. The fourth-order valence-corrected chi connectivity index (χ4v) is 1.68. The number of hydrogen-bond acceptors (Lipinski definition) is 3. The molecule has 0 aliphatic carbocycles. The van der Waals surface area contributed by atoms with Gasteiger partial charge in [-0.2, -0.15) is 0 Å². The van der Waals surface area contributed by atoms with Gasteiger partial charge < -0.3 is 14.3 Å². The molecule has 0 bridgehead atoms. The smallest absolute Gasteiger partial charge is 0.327 e. The molecule has 0 aliphatic rings. The molecule has 13 heavy (non-hydrogen) atoms. The first kappa shape index (κ1) is 13.3. The number of rotatable bonds is 4. The zero-order chi connectivity index (χ0) is 10.6. The van der Waals surface area contributed by atoms with Crippen molar-refractivity contribution in [2.45, 2.75) is 47.1 Å². The molecule has 0 aromatic carbocycles. The topological polar surface area (TPSA) is 49.7 Å². The van der Waals surface area contributed by atoms with E-state index in [-0.39, 0.29) is 11.5 Å². The van der Waals surface area contributed by atoms with Crippen molar-refractivity contribution in [2.24, 2.45) is 11.3 Å². The number of hydrogen-bond donors (Lipinski definition) is 2. The molecule has 0 heterocycles. The third kappa shape index (κ3) is 7.39. The summed E-state index contributed by atoms with van der Waals surface area (Å²) >= 11 is 0. The van der Waals surface area contributed by atoms with Crippen LogP contribution in [0.1, 0.15) is 41.0 Å². The molecule has 0 aromatic rings. The van der Waals surface area contributed by atoms with Gasteiger partial charge >= 0.3 is 8.60 Å². The molecule has 4 heteroatoms. The van der Waals surface area contributed by atoms with Crippen LogP contribution in [0.5, 0.6) is 0 Å². The summed E-state index contributed by atoms with van der Waals surface area (Å²) in [4.78, 5) is 17.5. The van der Waals surface area contributed by atoms with Gasteiger partial charge in [0.1, 0.15) is 0 Å². The van der Waals surface area contributed by atoms with Gasteiger partial charge in [0.05, 0.1) is 6.10 Å². The molecule has 0 fully saturated rings. The average molecular weight is 208 g/mol. The lowest BCUT2D eigenvalue weighted by molar-refractivity contribution is 0.0884. The molecule has 2 N–H and O–H groups in total. The van der Waals surface area contributed by atoms with Crippen LogP contribution in [0, 0.1) is 11.3 Å². The third-order valence-electron chi connectivity index (χ3n) is 1.79. The molecule has 3 nitrogen and oxygen atoms in total. The van der Waals surface area contributed by atoms with Crippen molar-refractivity contribution in [2.75, 3.05) is 0 Å². The molecule has 1 unspecified atom stereocenters. The second-order valence-corrected chi connectivity index (χ2v) is 5.62. The molecule has 0 aliphatic heterocycles. The van der Waals surface area contributed by atoms with Gasteiger partial charge in [0.15, 0.2) is 0 Å². The average Bonchev–Trinajstić information content (AvgIpc) is 1.81. The monoisotopic (exact) mass is 208 g/mol. The van der Waals surface area contributed by atoms with Crippen molar-refractivity contribution in [3.63, 3.8) is 0 Å². The van der Waals surface area contributed by atoms with E-state index in [2.05, 4.69) is 20.8 Å². The van der Waals surface area contributed by atoms with E-state index in [1.54, 1.807) is 0 Å². The molecule has 0 amide bonds. The van der Waals surface area contributed by atoms with E-state index < -0.39 is 8.60 Å². The van der Waals surface area contributed by atoms with E-state index in [1.807, 2.05) is 13.8 Å². The van der Waals surface area contributed by atoms with Gasteiger partial charge in [-0.3, -0.25) is 0 Å². The summed E-state index contributed by atoms with van der Waals surface area (Å²) in [5, 5.41) is 0. The molecule has 0 saturated heterocycles. The van der Waals surface area contributed by atoms with Gasteiger partial charge in [0, 0.05) is 0 Å². The Morgan fingerprint density at radius 1 is 1.23 bits per heavy atom. The van der Waals surface area contributed by atoms with Crippen LogP contribution in [0.25, 0.3) is 0 Å². The van der Waals surface area contributed by atoms with Crippen LogP contribution in [-0.4, -0.2) is 15.9 Å². The predicted molar refractivity (Wildman–Crippen MR) is 55.1 cm³/mol. The van der Waals surface area contributed by atoms with Crippen LogP contribution in [0.15, 0.2) is 0 Å². The highest BCUT2D eigenvalue weighted by Gasteiger charge is 2.24. The second kappa shape index (κ2) is 5.26. The minimum absolute atomic E-state index is 0.0684. The molecule has 0 aromatic heterocycles. The van der Waals surface area contributed by atoms with Crippen LogP contribution >= 0.6 is 8.60 Å². The summed E-state index contributed by atoms with van der Waals surface area (Å²) in [7, 11) is -2.23. The van der Waals surface area contributed by atoms with Crippen molar-refractivity contribution in [3.8, 4) is 0 Å². The Morgan fingerprint density at radius 2 is 1.69 bits per heavy atom. The zero-order valence-corrected chi connectivity index (χ0v) is 10.0. The molecule has 1 atom stereocenters. The van der Waals surface area contributed by atoms with Gasteiger partial charge in [-0.15, -0.1) is 0 Å². The summed E-state index contributed by atoms with van der Waals surface area (Å²) in [6, 6.07) is 0. The zero-order valence-electron chi connectivity index (χ0n) is 9.11. The van der Waals surface area contributed by atoms with E-state index >= 15 is 0 Å². The van der Waals surface area contributed by atoms with Crippen LogP contribution in [0.2, 0.25) is 0 Å².